The van der Waals surface area contributed by atoms with E-state index in [2.05, 4.69) is 0 Å². The highest BCUT2D eigenvalue weighted by Gasteiger charge is 2.65. The summed E-state index contributed by atoms with van der Waals surface area (Å²) in [5.41, 5.74) is 62.4. The molecule has 35 N–H and O–H groups in total. The van der Waals surface area contributed by atoms with Gasteiger partial charge in [0.15, 0.2) is 30.8 Å². The van der Waals surface area contributed by atoms with Crippen molar-refractivity contribution in [3.63, 3.8) is 0 Å². The minimum Gasteiger partial charge on any atom is -0.394 e. The zero-order valence-corrected chi connectivity index (χ0v) is 40.2. The minimum absolute atomic E-state index is 0.0542. The summed E-state index contributed by atoms with van der Waals surface area (Å²) < 4.78 is 56.5. The smallest absolute Gasteiger partial charge is 0.187 e. The fraction of sp³-hybridized carbons (Fsp3) is 1.00. The van der Waals surface area contributed by atoms with Crippen molar-refractivity contribution in [1.82, 2.24) is 0 Å². The molecule has 0 spiro atoms. The topological polar surface area (TPSA) is 642 Å². The van der Waals surface area contributed by atoms with Gasteiger partial charge >= 0.3 is 0 Å². The maximum Gasteiger partial charge on any atom is 0.187 e. The summed E-state index contributed by atoms with van der Waals surface area (Å²) in [5.74, 6) is 0. The van der Waals surface area contributed by atoms with Gasteiger partial charge < -0.3 is 177 Å². The molecule has 34 nitrogen and oxygen atoms in total. The van der Waals surface area contributed by atoms with Crippen LogP contribution in [0, 0.1) is 0 Å². The van der Waals surface area contributed by atoms with Crippen molar-refractivity contribution in [1.29, 1.82) is 0 Å². The highest BCUT2D eigenvalue weighted by Crippen LogP contribution is 2.40. The minimum atomic E-state index is -2.59. The number of ether oxygens (including phenoxy) is 10. The van der Waals surface area contributed by atoms with Crippen LogP contribution in [0.3, 0.4) is 0 Å². The number of nitrogens with two attached hydrogens (primary N) is 11. The van der Waals surface area contributed by atoms with Gasteiger partial charge in [0.1, 0.15) is 116 Å². The molecule has 33 atom stereocenters. The van der Waals surface area contributed by atoms with E-state index in [-0.39, 0.29) is 32.5 Å². The Morgan fingerprint density at radius 3 is 1.46 bits per heavy atom. The third-order valence-corrected chi connectivity index (χ3v) is 14.8. The van der Waals surface area contributed by atoms with Gasteiger partial charge in [0.25, 0.3) is 0 Å². The molecular weight excluding hydrogens is 1000 g/mol. The lowest BCUT2D eigenvalue weighted by Gasteiger charge is -2.55. The van der Waals surface area contributed by atoms with Crippen LogP contribution >= 0.6 is 0 Å². The summed E-state index contributed by atoms with van der Waals surface area (Å²) >= 11 is 0. The van der Waals surface area contributed by atoms with Gasteiger partial charge in [-0.1, -0.05) is 0 Å². The number of aliphatic hydroxyl groups excluding tert-OH is 12. The Morgan fingerprint density at radius 2 is 0.892 bits per heavy atom. The average Bonchev–Trinajstić information content (AvgIpc) is 3.67. The number of aliphatic hydroxyl groups is 13. The van der Waals surface area contributed by atoms with Gasteiger partial charge in [0.2, 0.25) is 0 Å². The lowest BCUT2D eigenvalue weighted by Crippen LogP contribution is -2.80. The van der Waals surface area contributed by atoms with Crippen LogP contribution in [0.4, 0.5) is 0 Å². The van der Waals surface area contributed by atoms with Gasteiger partial charge in [-0.25, -0.2) is 0 Å². The van der Waals surface area contributed by atoms with E-state index in [9.17, 15) is 66.4 Å². The van der Waals surface area contributed by atoms with Crippen LogP contribution < -0.4 is 63.1 Å². The third kappa shape index (κ3) is 12.3. The second kappa shape index (κ2) is 25.8. The Balaban J connectivity index is 0.000000250. The maximum atomic E-state index is 11.9. The molecule has 1 saturated carbocycles. The van der Waals surface area contributed by atoms with Crippen LogP contribution in [0.1, 0.15) is 12.8 Å². The molecule has 7 fully saturated rings. The molecular formula is C40H81N11O23. The van der Waals surface area contributed by atoms with Crippen LogP contribution in [-0.2, 0) is 47.4 Å². The van der Waals surface area contributed by atoms with E-state index in [1.54, 1.807) is 0 Å². The fourth-order valence-electron chi connectivity index (χ4n) is 10.2. The highest BCUT2D eigenvalue weighted by molar-refractivity contribution is 5.13. The Morgan fingerprint density at radius 1 is 0.405 bits per heavy atom. The monoisotopic (exact) mass is 1080 g/mol. The van der Waals surface area contributed by atoms with Crippen LogP contribution in [-0.4, -0.2) is 301 Å². The van der Waals surface area contributed by atoms with E-state index in [4.69, 9.17) is 110 Å². The summed E-state index contributed by atoms with van der Waals surface area (Å²) in [5, 5.41) is 136. The predicted molar refractivity (Wildman–Crippen MR) is 243 cm³/mol. The van der Waals surface area contributed by atoms with Crippen molar-refractivity contribution in [3.05, 3.63) is 0 Å². The standard InChI is InChI=1S/C22H44N6O14.C18H37N5O9/c23-1-4-9(30)11(32)7(25)16(37-4)22(36)17(14(35)18(27)42-21(22)28)41-20-13(34)15(6(3-29)39-20)40-19-8(26)12(33)10(31)5(2-24)38-19;19-3-9-8(25)2-7(22)17(29-9)31-15-5(20)1-6(21)16(14(15)28)32-18-13(27)11(23)12(26)10(4-24)30-18/h4-21,29-36H,1-3,23-28H2;5-18,24-28H,1-4,19-23H2/t4?,5-,6-,7?,8?,9-,10-,11-,12?,13?,14?,15+,16+,17-,18-,19-,20+,21?,22+;5?,6-,7?,8+,9?,10?,11?,12-,13?,14+,15-,16?,17-,18+/m11/s1. The first-order chi connectivity index (χ1) is 34.8. The predicted octanol–water partition coefficient (Wildman–Crippen LogP) is -16.3. The molecule has 0 aromatic heterocycles. The van der Waals surface area contributed by atoms with Gasteiger partial charge in [-0.3, -0.25) is 0 Å². The molecule has 0 aromatic rings. The largest absolute Gasteiger partial charge is 0.394 e. The van der Waals surface area contributed by atoms with Crippen LogP contribution in [0.25, 0.3) is 0 Å². The SMILES string of the molecule is NCC1O[C@H](O[C@@H]2C(N)C[C@@H](N)C(O[C@@H]3OC(CO)[C@@H](O)C(N)C3O)[C@H]2O)C(N)C[C@@H]1O.NCC1O[C@H]([C@@]2(O)C(N)O[C@@H](N)C(O)[C@H]2O[C@@H]2O[C@H](CO)[C@H](O[C@H]3O[C@H](CN)[C@@H](O)C(O)C3N)C2O)C(N)[C@@H](O)[C@@H]1O. The second-order valence-electron chi connectivity index (χ2n) is 19.8. The van der Waals surface area contributed by atoms with Crippen molar-refractivity contribution in [2.75, 3.05) is 32.8 Å². The van der Waals surface area contributed by atoms with Gasteiger partial charge in [0.05, 0.1) is 55.7 Å². The summed E-state index contributed by atoms with van der Waals surface area (Å²) in [4.78, 5) is 0. The van der Waals surface area contributed by atoms with E-state index >= 15 is 0 Å². The van der Waals surface area contributed by atoms with E-state index in [0.29, 0.717) is 0 Å². The maximum absolute atomic E-state index is 11.9. The summed E-state index contributed by atoms with van der Waals surface area (Å²) in [6, 6.07) is -6.07. The Bertz CT molecular complexity index is 1740. The van der Waals surface area contributed by atoms with Gasteiger partial charge in [-0.15, -0.1) is 0 Å². The summed E-state index contributed by atoms with van der Waals surface area (Å²) in [6.45, 7) is -1.73. The summed E-state index contributed by atoms with van der Waals surface area (Å²) in [7, 11) is 0. The molecule has 0 bridgehead atoms. The number of rotatable bonds is 14. The number of hydrogen-bond donors (Lipinski definition) is 24. The lowest BCUT2D eigenvalue weighted by molar-refractivity contribution is -0.352. The van der Waals surface area contributed by atoms with Gasteiger partial charge in [-0.2, -0.15) is 0 Å². The van der Waals surface area contributed by atoms with Crippen LogP contribution in [0.5, 0.6) is 0 Å². The lowest BCUT2D eigenvalue weighted by atomic mass is 9.76. The molecule has 6 saturated heterocycles. The third-order valence-electron chi connectivity index (χ3n) is 14.8. The molecule has 7 rings (SSSR count). The molecule has 6 aliphatic heterocycles. The van der Waals surface area contributed by atoms with Crippen LogP contribution in [0.15, 0.2) is 0 Å². The molecule has 0 amide bonds. The average molecular weight is 1080 g/mol. The molecule has 74 heavy (non-hydrogen) atoms. The molecule has 0 aromatic carbocycles. The molecule has 1 aliphatic carbocycles. The summed E-state index contributed by atoms with van der Waals surface area (Å²) in [6.07, 6.45) is -35.4. The zero-order valence-electron chi connectivity index (χ0n) is 40.2. The van der Waals surface area contributed by atoms with Crippen molar-refractivity contribution in [2.45, 2.75) is 214 Å². The van der Waals surface area contributed by atoms with E-state index in [1.165, 1.54) is 0 Å². The van der Waals surface area contributed by atoms with E-state index in [1.807, 2.05) is 0 Å². The van der Waals surface area contributed by atoms with Gasteiger partial charge in [0, 0.05) is 31.7 Å². The first kappa shape index (κ1) is 61.8. The first-order valence-corrected chi connectivity index (χ1v) is 24.3. The highest BCUT2D eigenvalue weighted by atomic mass is 16.8. The molecule has 7 aliphatic rings. The zero-order chi connectivity index (χ0) is 55.0. The molecule has 434 valence electrons. The van der Waals surface area contributed by atoms with Crippen LogP contribution in [0.2, 0.25) is 0 Å². The molecule has 14 unspecified atom stereocenters. The van der Waals surface area contributed by atoms with Crippen molar-refractivity contribution < 1.29 is 114 Å². The fourth-order valence-corrected chi connectivity index (χ4v) is 10.2. The molecule has 6 heterocycles. The Labute approximate surface area is 423 Å². The van der Waals surface area contributed by atoms with Crippen molar-refractivity contribution in [3.8, 4) is 0 Å². The Hall–Kier alpha value is -1.36. The van der Waals surface area contributed by atoms with Crippen molar-refractivity contribution in [2.24, 2.45) is 63.1 Å². The first-order valence-electron chi connectivity index (χ1n) is 24.3. The van der Waals surface area contributed by atoms with E-state index < -0.39 is 215 Å². The second-order valence-corrected chi connectivity index (χ2v) is 19.8. The molecule has 0 radical (unpaired) electrons. The quantitative estimate of drug-likeness (QED) is 0.0768. The normalized spacial score (nSPS) is 54.3. The number of hydrogen-bond acceptors (Lipinski definition) is 34. The Kier molecular flexibility index (Phi) is 21.6. The van der Waals surface area contributed by atoms with E-state index in [0.717, 1.165) is 0 Å². The van der Waals surface area contributed by atoms with Gasteiger partial charge in [-0.05, 0) is 12.8 Å². The van der Waals surface area contributed by atoms with Crippen molar-refractivity contribution >= 4 is 0 Å². The molecule has 34 heteroatoms.